The van der Waals surface area contributed by atoms with E-state index in [9.17, 15) is 4.79 Å². The molecule has 2 aromatic rings. The fraction of sp³-hybridized carbons (Fsp3) is 0.333. The van der Waals surface area contributed by atoms with Gasteiger partial charge in [-0.3, -0.25) is 0 Å². The molecule has 1 aromatic carbocycles. The van der Waals surface area contributed by atoms with Crippen molar-refractivity contribution in [2.75, 3.05) is 7.11 Å². The molecule has 0 saturated heterocycles. The molecule has 1 N–H and O–H groups in total. The molecular formula is C15H18N2O3. The van der Waals surface area contributed by atoms with Crippen LogP contribution < -0.4 is 4.74 Å². The topological polar surface area (TPSA) is 64.3 Å². The van der Waals surface area contributed by atoms with Gasteiger partial charge in [-0.2, -0.15) is 0 Å². The van der Waals surface area contributed by atoms with Crippen LogP contribution in [0.2, 0.25) is 0 Å². The number of carboxylic acid groups (broad SMARTS) is 1. The van der Waals surface area contributed by atoms with E-state index in [1.54, 1.807) is 18.5 Å². The number of benzene rings is 1. The number of nitrogens with zero attached hydrogens (tertiary/aromatic N) is 2. The second kappa shape index (κ2) is 5.00. The van der Waals surface area contributed by atoms with Gasteiger partial charge in [0.1, 0.15) is 5.75 Å². The first-order valence-corrected chi connectivity index (χ1v) is 6.29. The predicted octanol–water partition coefficient (Wildman–Crippen LogP) is 2.88. The van der Waals surface area contributed by atoms with E-state index in [2.05, 4.69) is 25.8 Å². The van der Waals surface area contributed by atoms with Crippen LogP contribution in [0.1, 0.15) is 36.8 Å². The number of hydrogen-bond acceptors (Lipinski definition) is 3. The summed E-state index contributed by atoms with van der Waals surface area (Å²) in [6, 6.07) is 4.78. The van der Waals surface area contributed by atoms with Crippen LogP contribution in [0.25, 0.3) is 5.69 Å². The molecule has 0 spiro atoms. The Morgan fingerprint density at radius 2 is 2.05 bits per heavy atom. The van der Waals surface area contributed by atoms with E-state index < -0.39 is 5.97 Å². The number of carbonyl (C=O) groups is 1. The second-order valence-corrected chi connectivity index (χ2v) is 5.61. The molecule has 2 rings (SSSR count). The Kier molecular flexibility index (Phi) is 3.53. The molecule has 5 heteroatoms. The average molecular weight is 274 g/mol. The SMILES string of the molecule is COc1cc(C(=O)O)ccc1-n1cnc(C(C)(C)C)c1. The number of ether oxygens (including phenoxy) is 1. The quantitative estimate of drug-likeness (QED) is 0.934. The van der Waals surface area contributed by atoms with Gasteiger partial charge in [-0.1, -0.05) is 20.8 Å². The van der Waals surface area contributed by atoms with Gasteiger partial charge in [-0.05, 0) is 18.2 Å². The molecule has 0 saturated carbocycles. The zero-order chi connectivity index (χ0) is 14.9. The van der Waals surface area contributed by atoms with Gasteiger partial charge in [0.2, 0.25) is 0 Å². The van der Waals surface area contributed by atoms with Crippen molar-refractivity contribution in [2.24, 2.45) is 0 Å². The lowest BCUT2D eigenvalue weighted by molar-refractivity contribution is 0.0696. The van der Waals surface area contributed by atoms with Crippen molar-refractivity contribution in [3.63, 3.8) is 0 Å². The normalized spacial score (nSPS) is 11.4. The Bertz CT molecular complexity index is 639. The minimum Gasteiger partial charge on any atom is -0.495 e. The highest BCUT2D eigenvalue weighted by molar-refractivity contribution is 5.88. The lowest BCUT2D eigenvalue weighted by atomic mass is 9.93. The van der Waals surface area contributed by atoms with Crippen molar-refractivity contribution in [1.82, 2.24) is 9.55 Å². The van der Waals surface area contributed by atoms with Gasteiger partial charge >= 0.3 is 5.97 Å². The van der Waals surface area contributed by atoms with Crippen LogP contribution in [0, 0.1) is 0 Å². The van der Waals surface area contributed by atoms with Gasteiger partial charge in [0.25, 0.3) is 0 Å². The number of rotatable bonds is 3. The Hall–Kier alpha value is -2.30. The van der Waals surface area contributed by atoms with Crippen LogP contribution in [-0.2, 0) is 5.41 Å². The molecule has 0 aliphatic rings. The van der Waals surface area contributed by atoms with E-state index in [4.69, 9.17) is 9.84 Å². The number of imidazole rings is 1. The number of aromatic carboxylic acids is 1. The van der Waals surface area contributed by atoms with Crippen LogP contribution in [0.15, 0.2) is 30.7 Å². The summed E-state index contributed by atoms with van der Waals surface area (Å²) in [4.78, 5) is 15.4. The highest BCUT2D eigenvalue weighted by Crippen LogP contribution is 2.27. The Morgan fingerprint density at radius 1 is 1.35 bits per heavy atom. The molecule has 0 radical (unpaired) electrons. The van der Waals surface area contributed by atoms with Crippen LogP contribution >= 0.6 is 0 Å². The molecule has 0 amide bonds. The molecule has 106 valence electrons. The fourth-order valence-electron chi connectivity index (χ4n) is 1.87. The zero-order valence-electron chi connectivity index (χ0n) is 12.0. The number of hydrogen-bond donors (Lipinski definition) is 1. The van der Waals surface area contributed by atoms with Crippen LogP contribution in [0.5, 0.6) is 5.75 Å². The van der Waals surface area contributed by atoms with E-state index in [0.29, 0.717) is 5.75 Å². The second-order valence-electron chi connectivity index (χ2n) is 5.61. The van der Waals surface area contributed by atoms with Gasteiger partial charge < -0.3 is 14.4 Å². The third-order valence-electron chi connectivity index (χ3n) is 3.06. The van der Waals surface area contributed by atoms with Gasteiger partial charge in [0.15, 0.2) is 0 Å². The molecule has 5 nitrogen and oxygen atoms in total. The van der Waals surface area contributed by atoms with Crippen molar-refractivity contribution in [3.8, 4) is 11.4 Å². The number of aromatic nitrogens is 2. The summed E-state index contributed by atoms with van der Waals surface area (Å²) in [5, 5.41) is 9.00. The summed E-state index contributed by atoms with van der Waals surface area (Å²) in [5.74, 6) is -0.473. The number of carboxylic acids is 1. The van der Waals surface area contributed by atoms with Crippen molar-refractivity contribution < 1.29 is 14.6 Å². The van der Waals surface area contributed by atoms with E-state index >= 15 is 0 Å². The zero-order valence-corrected chi connectivity index (χ0v) is 12.0. The highest BCUT2D eigenvalue weighted by Gasteiger charge is 2.18. The highest BCUT2D eigenvalue weighted by atomic mass is 16.5. The maximum absolute atomic E-state index is 11.0. The molecule has 0 aliphatic heterocycles. The summed E-state index contributed by atoms with van der Waals surface area (Å²) in [6.45, 7) is 6.26. The Morgan fingerprint density at radius 3 is 2.55 bits per heavy atom. The molecule has 20 heavy (non-hydrogen) atoms. The maximum atomic E-state index is 11.0. The van der Waals surface area contributed by atoms with E-state index in [-0.39, 0.29) is 11.0 Å². The smallest absolute Gasteiger partial charge is 0.335 e. The lowest BCUT2D eigenvalue weighted by Crippen LogP contribution is -2.11. The molecule has 0 unspecified atom stereocenters. The number of methoxy groups -OCH3 is 1. The van der Waals surface area contributed by atoms with Gasteiger partial charge in [0, 0.05) is 11.6 Å². The van der Waals surface area contributed by atoms with Gasteiger partial charge in [-0.25, -0.2) is 9.78 Å². The van der Waals surface area contributed by atoms with Crippen LogP contribution in [0.4, 0.5) is 0 Å². The van der Waals surface area contributed by atoms with Crippen molar-refractivity contribution in [1.29, 1.82) is 0 Å². The van der Waals surface area contributed by atoms with Crippen molar-refractivity contribution in [3.05, 3.63) is 42.0 Å². The summed E-state index contributed by atoms with van der Waals surface area (Å²) in [5.41, 5.74) is 1.88. The molecular weight excluding hydrogens is 256 g/mol. The molecule has 0 fully saturated rings. The fourth-order valence-corrected chi connectivity index (χ4v) is 1.87. The summed E-state index contributed by atoms with van der Waals surface area (Å²) in [7, 11) is 1.52. The van der Waals surface area contributed by atoms with E-state index in [1.165, 1.54) is 13.2 Å². The largest absolute Gasteiger partial charge is 0.495 e. The molecule has 1 aromatic heterocycles. The molecule has 0 aliphatic carbocycles. The van der Waals surface area contributed by atoms with Crippen LogP contribution in [-0.4, -0.2) is 27.7 Å². The summed E-state index contributed by atoms with van der Waals surface area (Å²) >= 11 is 0. The Balaban J connectivity index is 2.47. The lowest BCUT2D eigenvalue weighted by Gasteiger charge is -2.14. The van der Waals surface area contributed by atoms with Gasteiger partial charge in [0.05, 0.1) is 30.4 Å². The van der Waals surface area contributed by atoms with Crippen molar-refractivity contribution in [2.45, 2.75) is 26.2 Å². The van der Waals surface area contributed by atoms with E-state index in [0.717, 1.165) is 11.4 Å². The Labute approximate surface area is 117 Å². The summed E-state index contributed by atoms with van der Waals surface area (Å²) in [6.07, 6.45) is 3.64. The van der Waals surface area contributed by atoms with Gasteiger partial charge in [-0.15, -0.1) is 0 Å². The third kappa shape index (κ3) is 2.66. The monoisotopic (exact) mass is 274 g/mol. The molecule has 1 heterocycles. The first kappa shape index (κ1) is 14.1. The first-order chi connectivity index (χ1) is 9.32. The summed E-state index contributed by atoms with van der Waals surface area (Å²) < 4.78 is 7.11. The third-order valence-corrected chi connectivity index (χ3v) is 3.06. The predicted molar refractivity (Wildman–Crippen MR) is 75.8 cm³/mol. The van der Waals surface area contributed by atoms with E-state index in [1.807, 2.05) is 10.8 Å². The van der Waals surface area contributed by atoms with Crippen LogP contribution in [0.3, 0.4) is 0 Å². The first-order valence-electron chi connectivity index (χ1n) is 6.29. The standard InChI is InChI=1S/C15H18N2O3/c1-15(2,3)13-8-17(9-16-13)11-6-5-10(14(18)19)7-12(11)20-4/h5-9H,1-4H3,(H,18,19). The minimum absolute atomic E-state index is 0.0422. The average Bonchev–Trinajstić information content (AvgIpc) is 2.87. The van der Waals surface area contributed by atoms with Crippen molar-refractivity contribution >= 4 is 5.97 Å². The minimum atomic E-state index is -0.976. The maximum Gasteiger partial charge on any atom is 0.335 e. The molecule has 0 bridgehead atoms. The molecule has 0 atom stereocenters.